The van der Waals surface area contributed by atoms with Crippen molar-refractivity contribution in [1.29, 1.82) is 0 Å². The van der Waals surface area contributed by atoms with Crippen molar-refractivity contribution in [3.05, 3.63) is 58.7 Å². The highest BCUT2D eigenvalue weighted by Crippen LogP contribution is 2.56. The van der Waals surface area contributed by atoms with E-state index in [1.807, 2.05) is 30.3 Å². The molecule has 0 atom stereocenters. The third-order valence-electron chi connectivity index (χ3n) is 5.73. The Morgan fingerprint density at radius 1 is 1.00 bits per heavy atom. The van der Waals surface area contributed by atoms with Gasteiger partial charge in [-0.3, -0.25) is 4.79 Å². The van der Waals surface area contributed by atoms with Crippen molar-refractivity contribution in [1.82, 2.24) is 0 Å². The topological polar surface area (TPSA) is 69.7 Å². The van der Waals surface area contributed by atoms with Crippen LogP contribution in [0, 0.1) is 0 Å². The van der Waals surface area contributed by atoms with Crippen molar-refractivity contribution >= 4 is 16.4 Å². The molecule has 0 saturated heterocycles. The standard InChI is InChI=1S/C21H19F3O5S/c22-21(23,24)30(26,27)29-20-16(11-25)10-17(28-12-13-4-2-1-3-5-13)18-14-6-8-15(9-7-14)19(18)20/h1-5,10-11,14-15H,6-9,12H2. The number of fused-ring (bicyclic) bond motifs is 2. The van der Waals surface area contributed by atoms with Crippen molar-refractivity contribution in [2.75, 3.05) is 0 Å². The SMILES string of the molecule is O=Cc1cc(OCc2ccccc2)c2c(c1OS(=O)(=O)C(F)(F)F)C1CCC2CC1. The Hall–Kier alpha value is -2.55. The average Bonchev–Trinajstić information content (AvgIpc) is 2.73. The monoisotopic (exact) mass is 440 g/mol. The Morgan fingerprint density at radius 3 is 2.17 bits per heavy atom. The summed E-state index contributed by atoms with van der Waals surface area (Å²) in [6, 6.07) is 10.6. The van der Waals surface area contributed by atoms with Gasteiger partial charge in [-0.2, -0.15) is 21.6 Å². The molecule has 0 unspecified atom stereocenters. The molecule has 2 aromatic rings. The molecule has 0 amide bonds. The van der Waals surface area contributed by atoms with E-state index in [1.165, 1.54) is 6.07 Å². The normalized spacial score (nSPS) is 20.5. The number of halogens is 3. The summed E-state index contributed by atoms with van der Waals surface area (Å²) < 4.78 is 72.6. The van der Waals surface area contributed by atoms with Gasteiger partial charge >= 0.3 is 15.6 Å². The van der Waals surface area contributed by atoms with Crippen molar-refractivity contribution in [2.24, 2.45) is 0 Å². The van der Waals surface area contributed by atoms with Gasteiger partial charge in [-0.25, -0.2) is 0 Å². The fraction of sp³-hybridized carbons (Fsp3) is 0.381. The van der Waals surface area contributed by atoms with Gasteiger partial charge in [0, 0.05) is 11.1 Å². The average molecular weight is 440 g/mol. The van der Waals surface area contributed by atoms with Gasteiger partial charge in [-0.15, -0.1) is 0 Å². The highest BCUT2D eigenvalue weighted by molar-refractivity contribution is 7.88. The molecule has 2 aromatic carbocycles. The minimum absolute atomic E-state index is 0.0208. The lowest BCUT2D eigenvalue weighted by Gasteiger charge is -2.40. The Balaban J connectivity index is 1.81. The molecule has 1 saturated carbocycles. The van der Waals surface area contributed by atoms with Crippen LogP contribution in [0.2, 0.25) is 0 Å². The molecule has 0 aromatic heterocycles. The smallest absolute Gasteiger partial charge is 0.489 e. The number of benzene rings is 2. The van der Waals surface area contributed by atoms with Crippen molar-refractivity contribution < 1.29 is 35.3 Å². The zero-order chi connectivity index (χ0) is 21.5. The Bertz CT molecular complexity index is 1060. The first-order valence-corrected chi connectivity index (χ1v) is 11.0. The second-order valence-electron chi connectivity index (χ2n) is 7.54. The quantitative estimate of drug-likeness (QED) is 0.357. The van der Waals surface area contributed by atoms with Gasteiger partial charge in [-0.1, -0.05) is 30.3 Å². The summed E-state index contributed by atoms with van der Waals surface area (Å²) in [7, 11) is -5.90. The van der Waals surface area contributed by atoms with Crippen LogP contribution in [0.3, 0.4) is 0 Å². The maximum atomic E-state index is 12.9. The van der Waals surface area contributed by atoms with E-state index in [9.17, 15) is 26.4 Å². The number of carbonyl (C=O) groups is 1. The molecule has 0 aliphatic heterocycles. The first-order chi connectivity index (χ1) is 14.2. The number of alkyl halides is 3. The molecule has 2 bridgehead atoms. The molecule has 0 heterocycles. The summed E-state index contributed by atoms with van der Waals surface area (Å²) in [4.78, 5) is 11.7. The predicted octanol–water partition coefficient (Wildman–Crippen LogP) is 5.06. The van der Waals surface area contributed by atoms with Crippen molar-refractivity contribution in [3.8, 4) is 11.5 Å². The molecule has 3 aliphatic rings. The highest BCUT2D eigenvalue weighted by Gasteiger charge is 2.50. The Labute approximate surface area is 171 Å². The number of rotatable bonds is 6. The van der Waals surface area contributed by atoms with Crippen LogP contribution in [0.5, 0.6) is 11.5 Å². The molecule has 160 valence electrons. The summed E-state index contributed by atoms with van der Waals surface area (Å²) in [5.41, 5.74) is -3.95. The predicted molar refractivity (Wildman–Crippen MR) is 102 cm³/mol. The molecule has 0 N–H and O–H groups in total. The second kappa shape index (κ2) is 7.61. The first kappa shape index (κ1) is 20.7. The van der Waals surface area contributed by atoms with Crippen LogP contribution in [0.25, 0.3) is 0 Å². The maximum absolute atomic E-state index is 12.9. The molecule has 9 heteroatoms. The Morgan fingerprint density at radius 2 is 1.60 bits per heavy atom. The summed E-state index contributed by atoms with van der Waals surface area (Å²) in [5, 5.41) is 0. The summed E-state index contributed by atoms with van der Waals surface area (Å²) >= 11 is 0. The van der Waals surface area contributed by atoms with Crippen LogP contribution >= 0.6 is 0 Å². The first-order valence-electron chi connectivity index (χ1n) is 9.54. The molecular weight excluding hydrogens is 421 g/mol. The molecule has 3 aliphatic carbocycles. The Kier molecular flexibility index (Phi) is 5.25. The van der Waals surface area contributed by atoms with E-state index in [2.05, 4.69) is 4.18 Å². The van der Waals surface area contributed by atoms with Gasteiger partial charge in [0.25, 0.3) is 0 Å². The number of hydrogen-bond donors (Lipinski definition) is 0. The molecule has 5 rings (SSSR count). The van der Waals surface area contributed by atoms with E-state index in [1.54, 1.807) is 0 Å². The van der Waals surface area contributed by atoms with Crippen LogP contribution in [0.4, 0.5) is 13.2 Å². The van der Waals surface area contributed by atoms with E-state index in [0.717, 1.165) is 18.4 Å². The third kappa shape index (κ3) is 3.66. The maximum Gasteiger partial charge on any atom is 0.534 e. The van der Waals surface area contributed by atoms with Crippen molar-refractivity contribution in [3.63, 3.8) is 0 Å². The van der Waals surface area contributed by atoms with Crippen LogP contribution < -0.4 is 8.92 Å². The van der Waals surface area contributed by atoms with Crippen molar-refractivity contribution in [2.45, 2.75) is 49.6 Å². The molecule has 5 nitrogen and oxygen atoms in total. The summed E-state index contributed by atoms with van der Waals surface area (Å²) in [6.45, 7) is 0.212. The molecule has 30 heavy (non-hydrogen) atoms. The lowest BCUT2D eigenvalue weighted by molar-refractivity contribution is -0.0500. The highest BCUT2D eigenvalue weighted by atomic mass is 32.2. The van der Waals surface area contributed by atoms with Gasteiger partial charge < -0.3 is 8.92 Å². The zero-order valence-electron chi connectivity index (χ0n) is 15.8. The minimum atomic E-state index is -5.90. The molecule has 1 fully saturated rings. The van der Waals surface area contributed by atoms with Crippen LogP contribution in [-0.4, -0.2) is 20.2 Å². The summed E-state index contributed by atoms with van der Waals surface area (Å²) in [5.74, 6) is -0.282. The van der Waals surface area contributed by atoms with E-state index >= 15 is 0 Å². The summed E-state index contributed by atoms with van der Waals surface area (Å²) in [6.07, 6.45) is 3.34. The fourth-order valence-corrected chi connectivity index (χ4v) is 4.88. The largest absolute Gasteiger partial charge is 0.534 e. The van der Waals surface area contributed by atoms with Gasteiger partial charge in [-0.05, 0) is 49.1 Å². The van der Waals surface area contributed by atoms with E-state index in [4.69, 9.17) is 4.74 Å². The van der Waals surface area contributed by atoms with E-state index < -0.39 is 21.4 Å². The number of carbonyl (C=O) groups excluding carboxylic acids is 1. The fourth-order valence-electron chi connectivity index (χ4n) is 4.38. The molecule has 0 radical (unpaired) electrons. The van der Waals surface area contributed by atoms with E-state index in [-0.39, 0.29) is 24.0 Å². The van der Waals surface area contributed by atoms with Gasteiger partial charge in [0.15, 0.2) is 12.0 Å². The van der Waals surface area contributed by atoms with Gasteiger partial charge in [0.05, 0.1) is 5.56 Å². The third-order valence-corrected chi connectivity index (χ3v) is 6.69. The van der Waals surface area contributed by atoms with E-state index in [0.29, 0.717) is 36.0 Å². The lowest BCUT2D eigenvalue weighted by atomic mass is 9.66. The van der Waals surface area contributed by atoms with Gasteiger partial charge in [0.1, 0.15) is 12.4 Å². The lowest BCUT2D eigenvalue weighted by Crippen LogP contribution is -2.30. The zero-order valence-corrected chi connectivity index (χ0v) is 16.6. The number of ether oxygens (including phenoxy) is 1. The molecule has 0 spiro atoms. The second-order valence-corrected chi connectivity index (χ2v) is 9.08. The van der Waals surface area contributed by atoms with Gasteiger partial charge in [0.2, 0.25) is 0 Å². The number of hydrogen-bond acceptors (Lipinski definition) is 5. The molecular formula is C21H19F3O5S. The van der Waals surface area contributed by atoms with Crippen LogP contribution in [0.15, 0.2) is 36.4 Å². The van der Waals surface area contributed by atoms with Crippen LogP contribution in [-0.2, 0) is 16.7 Å². The number of aldehydes is 1. The van der Waals surface area contributed by atoms with Crippen LogP contribution in [0.1, 0.15) is 64.6 Å². The minimum Gasteiger partial charge on any atom is -0.489 e.